The molecule has 6 nitrogen and oxygen atoms in total. The van der Waals surface area contributed by atoms with Crippen LogP contribution in [-0.4, -0.2) is 66.6 Å². The van der Waals surface area contributed by atoms with Crippen molar-refractivity contribution >= 4 is 23.4 Å². The molecule has 3 aliphatic rings. The van der Waals surface area contributed by atoms with Gasteiger partial charge in [0.2, 0.25) is 0 Å². The Kier molecular flexibility index (Phi) is 5.96. The average Bonchev–Trinajstić information content (AvgIpc) is 2.66. The largest absolute Gasteiger partial charge is 0.416 e. The second kappa shape index (κ2) is 8.36. The molecule has 2 amide bonds. The summed E-state index contributed by atoms with van der Waals surface area (Å²) in [7, 11) is 0. The van der Waals surface area contributed by atoms with Crippen molar-refractivity contribution in [2.75, 3.05) is 32.8 Å². The summed E-state index contributed by atoms with van der Waals surface area (Å²) in [6.45, 7) is 1.66. The number of urea groups is 1. The molecule has 0 aromatic heterocycles. The number of nitrogens with zero attached hydrogens (tertiary/aromatic N) is 2. The van der Waals surface area contributed by atoms with Gasteiger partial charge in [0, 0.05) is 30.5 Å². The van der Waals surface area contributed by atoms with Gasteiger partial charge in [0.05, 0.1) is 37.5 Å². The number of benzene rings is 1. The van der Waals surface area contributed by atoms with Gasteiger partial charge < -0.3 is 19.3 Å². The van der Waals surface area contributed by atoms with E-state index in [1.807, 2.05) is 0 Å². The number of carbonyl (C=O) groups excluding carboxylic acids is 2. The lowest BCUT2D eigenvalue weighted by molar-refractivity contribution is -0.141. The summed E-state index contributed by atoms with van der Waals surface area (Å²) in [5.74, 6) is 0.0892. The molecule has 3 aliphatic heterocycles. The molecule has 4 rings (SSSR count). The third kappa shape index (κ3) is 4.58. The van der Waals surface area contributed by atoms with Crippen molar-refractivity contribution in [1.29, 1.82) is 0 Å². The highest BCUT2D eigenvalue weighted by atomic mass is 35.5. The van der Waals surface area contributed by atoms with Gasteiger partial charge in [0.1, 0.15) is 6.61 Å². The van der Waals surface area contributed by atoms with Crippen LogP contribution in [-0.2, 0) is 27.1 Å². The van der Waals surface area contributed by atoms with E-state index < -0.39 is 11.7 Å². The van der Waals surface area contributed by atoms with E-state index in [0.717, 1.165) is 6.07 Å². The molecule has 10 heteroatoms. The summed E-state index contributed by atoms with van der Waals surface area (Å²) >= 11 is 5.69. The monoisotopic (exact) mass is 446 g/mol. The van der Waals surface area contributed by atoms with E-state index in [4.69, 9.17) is 21.1 Å². The number of alkyl halides is 3. The number of piperidine rings is 1. The van der Waals surface area contributed by atoms with Crippen molar-refractivity contribution in [2.24, 2.45) is 5.92 Å². The third-order valence-corrected chi connectivity index (χ3v) is 6.09. The minimum atomic E-state index is -4.51. The maximum atomic E-state index is 13.2. The van der Waals surface area contributed by atoms with E-state index in [0.29, 0.717) is 39.0 Å². The Labute approximate surface area is 176 Å². The van der Waals surface area contributed by atoms with Crippen LogP contribution in [0.2, 0.25) is 5.02 Å². The number of carbonyl (C=O) groups is 2. The number of Topliss-reactive ketones (excluding diaryl/α,β-unsaturated/α-hetero) is 1. The molecule has 3 fully saturated rings. The molecule has 3 heterocycles. The van der Waals surface area contributed by atoms with Crippen LogP contribution in [0.3, 0.4) is 0 Å². The van der Waals surface area contributed by atoms with Crippen molar-refractivity contribution < 1.29 is 32.2 Å². The van der Waals surface area contributed by atoms with Gasteiger partial charge >= 0.3 is 12.2 Å². The van der Waals surface area contributed by atoms with Gasteiger partial charge in [-0.3, -0.25) is 4.79 Å². The minimum absolute atomic E-state index is 0.0142. The fraction of sp³-hybridized carbons (Fsp3) is 0.600. The molecule has 1 aromatic carbocycles. The highest BCUT2D eigenvalue weighted by molar-refractivity contribution is 6.30. The van der Waals surface area contributed by atoms with Crippen LogP contribution in [0.25, 0.3) is 0 Å². The Hall–Kier alpha value is -1.84. The number of ketones is 1. The number of rotatable bonds is 3. The number of amides is 2. The van der Waals surface area contributed by atoms with E-state index in [2.05, 4.69) is 0 Å². The third-order valence-electron chi connectivity index (χ3n) is 5.85. The average molecular weight is 447 g/mol. The van der Waals surface area contributed by atoms with Crippen LogP contribution < -0.4 is 0 Å². The number of fused-ring (bicyclic) bond motifs is 1. The second-order valence-corrected chi connectivity index (χ2v) is 8.44. The molecule has 2 atom stereocenters. The molecule has 0 unspecified atom stereocenters. The van der Waals surface area contributed by atoms with Gasteiger partial charge in [-0.05, 0) is 24.1 Å². The molecular weight excluding hydrogens is 425 g/mol. The van der Waals surface area contributed by atoms with Gasteiger partial charge in [0.25, 0.3) is 0 Å². The Morgan fingerprint density at radius 2 is 2.00 bits per heavy atom. The lowest BCUT2D eigenvalue weighted by Gasteiger charge is -2.45. The molecule has 0 N–H and O–H groups in total. The molecule has 3 saturated heterocycles. The first-order valence-electron chi connectivity index (χ1n) is 9.85. The zero-order valence-electron chi connectivity index (χ0n) is 16.2. The minimum Gasteiger partial charge on any atom is -0.370 e. The maximum Gasteiger partial charge on any atom is 0.416 e. The summed E-state index contributed by atoms with van der Waals surface area (Å²) in [4.78, 5) is 27.6. The molecule has 0 radical (unpaired) electrons. The summed E-state index contributed by atoms with van der Waals surface area (Å²) in [6, 6.07) is 3.47. The molecule has 0 saturated carbocycles. The lowest BCUT2D eigenvalue weighted by atomic mass is 9.88. The second-order valence-electron chi connectivity index (χ2n) is 8.01. The fourth-order valence-electron chi connectivity index (χ4n) is 4.20. The lowest BCUT2D eigenvalue weighted by Crippen LogP contribution is -2.61. The Balaban J connectivity index is 1.27. The van der Waals surface area contributed by atoms with Crippen LogP contribution in [0, 0.1) is 5.92 Å². The SMILES string of the molecule is O=C1CO[C@H]2CCN(C(=O)N3CC(OCc4ccc(Cl)cc4C(F)(F)F)C3)C[C@H]2C1. The molecule has 0 aliphatic carbocycles. The van der Waals surface area contributed by atoms with Gasteiger partial charge in [-0.15, -0.1) is 0 Å². The van der Waals surface area contributed by atoms with Gasteiger partial charge in [-0.2, -0.15) is 13.2 Å². The van der Waals surface area contributed by atoms with Crippen LogP contribution in [0.4, 0.5) is 18.0 Å². The summed E-state index contributed by atoms with van der Waals surface area (Å²) < 4.78 is 50.6. The summed E-state index contributed by atoms with van der Waals surface area (Å²) in [5.41, 5.74) is -0.796. The van der Waals surface area contributed by atoms with E-state index in [1.165, 1.54) is 12.1 Å². The predicted octanol–water partition coefficient (Wildman–Crippen LogP) is 3.36. The van der Waals surface area contributed by atoms with Crippen molar-refractivity contribution in [3.63, 3.8) is 0 Å². The predicted molar refractivity (Wildman–Crippen MR) is 101 cm³/mol. The summed E-state index contributed by atoms with van der Waals surface area (Å²) in [6.07, 6.45) is -3.66. The molecular formula is C20H22ClF3N2O4. The van der Waals surface area contributed by atoms with Crippen LogP contribution in [0.1, 0.15) is 24.0 Å². The van der Waals surface area contributed by atoms with E-state index in [9.17, 15) is 22.8 Å². The molecule has 30 heavy (non-hydrogen) atoms. The molecule has 1 aromatic rings. The smallest absolute Gasteiger partial charge is 0.370 e. The van der Waals surface area contributed by atoms with E-state index >= 15 is 0 Å². The van der Waals surface area contributed by atoms with Crippen molar-refractivity contribution in [3.05, 3.63) is 34.3 Å². The zero-order chi connectivity index (χ0) is 21.5. The van der Waals surface area contributed by atoms with Crippen molar-refractivity contribution in [3.8, 4) is 0 Å². The Bertz CT molecular complexity index is 829. The number of halogens is 4. The van der Waals surface area contributed by atoms with Gasteiger partial charge in [-0.25, -0.2) is 4.79 Å². The Morgan fingerprint density at radius 1 is 1.23 bits per heavy atom. The number of ether oxygens (including phenoxy) is 2. The standard InChI is InChI=1S/C20H22ClF3N2O4/c21-14-2-1-12(17(6-14)20(22,23)24)10-29-16-8-26(9-16)19(28)25-4-3-18-13(7-25)5-15(27)11-30-18/h1-2,6,13,16,18H,3-5,7-11H2/t13-,18+/m1/s1. The zero-order valence-corrected chi connectivity index (χ0v) is 16.9. The molecule has 0 bridgehead atoms. The molecule has 164 valence electrons. The number of hydrogen-bond acceptors (Lipinski definition) is 4. The topological polar surface area (TPSA) is 59.1 Å². The normalized spacial score (nSPS) is 25.1. The summed E-state index contributed by atoms with van der Waals surface area (Å²) in [5, 5.41) is 0.0142. The molecule has 0 spiro atoms. The maximum absolute atomic E-state index is 13.2. The van der Waals surface area contributed by atoms with Gasteiger partial charge in [-0.1, -0.05) is 17.7 Å². The first kappa shape index (κ1) is 21.4. The highest BCUT2D eigenvalue weighted by Crippen LogP contribution is 2.34. The van der Waals surface area contributed by atoms with Gasteiger partial charge in [0.15, 0.2) is 5.78 Å². The Morgan fingerprint density at radius 3 is 2.73 bits per heavy atom. The van der Waals surface area contributed by atoms with Crippen LogP contribution in [0.5, 0.6) is 0 Å². The van der Waals surface area contributed by atoms with Crippen LogP contribution >= 0.6 is 11.6 Å². The van der Waals surface area contributed by atoms with Crippen LogP contribution in [0.15, 0.2) is 18.2 Å². The number of hydrogen-bond donors (Lipinski definition) is 0. The first-order chi connectivity index (χ1) is 14.2. The van der Waals surface area contributed by atoms with E-state index in [1.54, 1.807) is 9.80 Å². The fourth-order valence-corrected chi connectivity index (χ4v) is 4.37. The first-order valence-corrected chi connectivity index (χ1v) is 10.2. The number of likely N-dealkylation sites (tertiary alicyclic amines) is 2. The van der Waals surface area contributed by atoms with E-state index in [-0.39, 0.29) is 53.7 Å². The highest BCUT2D eigenvalue weighted by Gasteiger charge is 2.40. The van der Waals surface area contributed by atoms with Crippen molar-refractivity contribution in [2.45, 2.75) is 37.8 Å². The van der Waals surface area contributed by atoms with Crippen molar-refractivity contribution in [1.82, 2.24) is 9.80 Å². The quantitative estimate of drug-likeness (QED) is 0.714.